The smallest absolute Gasteiger partial charge is 0.249 e. The van der Waals surface area contributed by atoms with Crippen molar-refractivity contribution in [3.8, 4) is 6.07 Å². The molecule has 2 fully saturated rings. The summed E-state index contributed by atoms with van der Waals surface area (Å²) in [4.78, 5) is 27.0. The number of benzene rings is 1. The van der Waals surface area contributed by atoms with Gasteiger partial charge in [-0.05, 0) is 37.8 Å². The number of nitrogens with one attached hydrogen (secondary N) is 1. The van der Waals surface area contributed by atoms with Crippen LogP contribution in [-0.2, 0) is 9.59 Å². The van der Waals surface area contributed by atoms with E-state index in [2.05, 4.69) is 11.4 Å². The van der Waals surface area contributed by atoms with E-state index < -0.39 is 11.5 Å². The van der Waals surface area contributed by atoms with Crippen LogP contribution in [0.3, 0.4) is 0 Å². The molecule has 3 rings (SSSR count). The SMILES string of the molecule is N#CC1(C(=O)N[C@H]2CCCN(c3ccccc3Cl)C2=O)CCCC1. The second kappa shape index (κ2) is 6.82. The maximum Gasteiger partial charge on any atom is 0.249 e. The van der Waals surface area contributed by atoms with Gasteiger partial charge in [-0.15, -0.1) is 0 Å². The van der Waals surface area contributed by atoms with Gasteiger partial charge in [0, 0.05) is 6.54 Å². The first-order valence-corrected chi connectivity index (χ1v) is 8.73. The highest BCUT2D eigenvalue weighted by atomic mass is 35.5. The van der Waals surface area contributed by atoms with E-state index in [0.717, 1.165) is 19.3 Å². The third kappa shape index (κ3) is 2.99. The minimum atomic E-state index is -0.965. The van der Waals surface area contributed by atoms with Crippen LogP contribution in [0.2, 0.25) is 5.02 Å². The predicted molar refractivity (Wildman–Crippen MR) is 91.5 cm³/mol. The Morgan fingerprint density at radius 3 is 2.67 bits per heavy atom. The van der Waals surface area contributed by atoms with Crippen molar-refractivity contribution in [2.75, 3.05) is 11.4 Å². The fourth-order valence-electron chi connectivity index (χ4n) is 3.58. The van der Waals surface area contributed by atoms with Crippen LogP contribution in [0.1, 0.15) is 38.5 Å². The van der Waals surface area contributed by atoms with Crippen molar-refractivity contribution < 1.29 is 9.59 Å². The monoisotopic (exact) mass is 345 g/mol. The van der Waals surface area contributed by atoms with Crippen molar-refractivity contribution in [2.24, 2.45) is 5.41 Å². The van der Waals surface area contributed by atoms with Crippen molar-refractivity contribution in [3.05, 3.63) is 29.3 Å². The van der Waals surface area contributed by atoms with Gasteiger partial charge >= 0.3 is 0 Å². The maximum absolute atomic E-state index is 12.8. The summed E-state index contributed by atoms with van der Waals surface area (Å²) >= 11 is 6.20. The molecule has 24 heavy (non-hydrogen) atoms. The zero-order valence-corrected chi connectivity index (χ0v) is 14.2. The molecule has 0 bridgehead atoms. The maximum atomic E-state index is 12.8. The van der Waals surface area contributed by atoms with Crippen molar-refractivity contribution in [1.82, 2.24) is 5.32 Å². The van der Waals surface area contributed by atoms with Crippen molar-refractivity contribution in [3.63, 3.8) is 0 Å². The first-order chi connectivity index (χ1) is 11.6. The van der Waals surface area contributed by atoms with E-state index in [1.54, 1.807) is 17.0 Å². The number of nitriles is 1. The summed E-state index contributed by atoms with van der Waals surface area (Å²) in [6.07, 6.45) is 4.28. The largest absolute Gasteiger partial charge is 0.343 e. The van der Waals surface area contributed by atoms with Crippen LogP contribution >= 0.6 is 11.6 Å². The molecule has 1 aliphatic carbocycles. The molecule has 0 spiro atoms. The fraction of sp³-hybridized carbons (Fsp3) is 0.500. The van der Waals surface area contributed by atoms with Crippen LogP contribution in [0, 0.1) is 16.7 Å². The molecule has 1 atom stereocenters. The lowest BCUT2D eigenvalue weighted by Crippen LogP contribution is -2.55. The quantitative estimate of drug-likeness (QED) is 0.915. The number of carbonyl (C=O) groups is 2. The lowest BCUT2D eigenvalue weighted by atomic mass is 9.86. The zero-order chi connectivity index (χ0) is 17.2. The lowest BCUT2D eigenvalue weighted by molar-refractivity contribution is -0.132. The Labute approximate surface area is 146 Å². The summed E-state index contributed by atoms with van der Waals surface area (Å²) in [6, 6.07) is 8.78. The Morgan fingerprint density at radius 1 is 1.29 bits per heavy atom. The van der Waals surface area contributed by atoms with Gasteiger partial charge in [0.2, 0.25) is 11.8 Å². The van der Waals surface area contributed by atoms with Crippen LogP contribution in [0.5, 0.6) is 0 Å². The first kappa shape index (κ1) is 16.8. The molecule has 1 aliphatic heterocycles. The molecule has 1 aromatic rings. The Morgan fingerprint density at radius 2 is 2.00 bits per heavy atom. The summed E-state index contributed by atoms with van der Waals surface area (Å²) in [5.41, 5.74) is -0.300. The van der Waals surface area contributed by atoms with Gasteiger partial charge in [-0.1, -0.05) is 36.6 Å². The van der Waals surface area contributed by atoms with Crippen LogP contribution < -0.4 is 10.2 Å². The molecule has 0 aromatic heterocycles. The predicted octanol–water partition coefficient (Wildman–Crippen LogP) is 3.04. The van der Waals surface area contributed by atoms with Gasteiger partial charge in [0.05, 0.1) is 16.8 Å². The number of piperidine rings is 1. The Kier molecular flexibility index (Phi) is 4.77. The number of rotatable bonds is 3. The average molecular weight is 346 g/mol. The van der Waals surface area contributed by atoms with Crippen LogP contribution in [0.4, 0.5) is 5.69 Å². The first-order valence-electron chi connectivity index (χ1n) is 8.35. The topological polar surface area (TPSA) is 73.2 Å². The Balaban J connectivity index is 1.75. The van der Waals surface area contributed by atoms with Gasteiger partial charge in [0.25, 0.3) is 0 Å². The second-order valence-electron chi connectivity index (χ2n) is 6.51. The number of carbonyl (C=O) groups excluding carboxylic acids is 2. The van der Waals surface area contributed by atoms with Gasteiger partial charge in [0.15, 0.2) is 0 Å². The van der Waals surface area contributed by atoms with Crippen LogP contribution in [0.25, 0.3) is 0 Å². The molecule has 1 saturated carbocycles. The molecule has 2 amide bonds. The van der Waals surface area contributed by atoms with Gasteiger partial charge in [-0.2, -0.15) is 5.26 Å². The number of para-hydroxylation sites is 1. The molecule has 1 saturated heterocycles. The summed E-state index contributed by atoms with van der Waals surface area (Å²) in [5.74, 6) is -0.462. The molecule has 126 valence electrons. The number of halogens is 1. The highest BCUT2D eigenvalue weighted by Crippen LogP contribution is 2.38. The summed E-state index contributed by atoms with van der Waals surface area (Å²) < 4.78 is 0. The van der Waals surface area contributed by atoms with E-state index in [-0.39, 0.29) is 11.8 Å². The number of hydrogen-bond acceptors (Lipinski definition) is 3. The standard InChI is InChI=1S/C18H20ClN3O2/c19-13-6-1-2-8-15(13)22-11-5-7-14(16(22)23)21-17(24)18(12-20)9-3-4-10-18/h1-2,6,8,14H,3-5,7,9-11H2,(H,21,24)/t14-/m0/s1. The summed E-state index contributed by atoms with van der Waals surface area (Å²) in [7, 11) is 0. The molecule has 5 nitrogen and oxygen atoms in total. The molecular weight excluding hydrogens is 326 g/mol. The van der Waals surface area contributed by atoms with E-state index in [4.69, 9.17) is 11.6 Å². The molecule has 0 radical (unpaired) electrons. The van der Waals surface area contributed by atoms with Crippen LogP contribution in [0.15, 0.2) is 24.3 Å². The third-order valence-corrected chi connectivity index (χ3v) is 5.31. The molecule has 0 unspecified atom stereocenters. The van der Waals surface area contributed by atoms with E-state index in [1.165, 1.54) is 0 Å². The number of nitrogens with zero attached hydrogens (tertiary/aromatic N) is 2. The fourth-order valence-corrected chi connectivity index (χ4v) is 3.82. The Bertz CT molecular complexity index is 692. The van der Waals surface area contributed by atoms with Gasteiger partial charge in [-0.25, -0.2) is 0 Å². The molecule has 1 aromatic carbocycles. The molecule has 6 heteroatoms. The third-order valence-electron chi connectivity index (χ3n) is 4.99. The van der Waals surface area contributed by atoms with Gasteiger partial charge < -0.3 is 10.2 Å². The minimum absolute atomic E-state index is 0.159. The minimum Gasteiger partial charge on any atom is -0.343 e. The van der Waals surface area contributed by atoms with E-state index in [0.29, 0.717) is 36.5 Å². The second-order valence-corrected chi connectivity index (χ2v) is 6.92. The number of anilines is 1. The van der Waals surface area contributed by atoms with E-state index in [1.807, 2.05) is 12.1 Å². The van der Waals surface area contributed by atoms with Gasteiger partial charge in [0.1, 0.15) is 11.5 Å². The summed E-state index contributed by atoms with van der Waals surface area (Å²) in [5, 5.41) is 12.8. The van der Waals surface area contributed by atoms with Crippen LogP contribution in [-0.4, -0.2) is 24.4 Å². The summed E-state index contributed by atoms with van der Waals surface area (Å²) in [6.45, 7) is 0.582. The molecule has 1 heterocycles. The Hall–Kier alpha value is -2.06. The number of hydrogen-bond donors (Lipinski definition) is 1. The van der Waals surface area contributed by atoms with E-state index >= 15 is 0 Å². The molecular formula is C18H20ClN3O2. The van der Waals surface area contributed by atoms with E-state index in [9.17, 15) is 14.9 Å². The molecule has 1 N–H and O–H groups in total. The van der Waals surface area contributed by atoms with Crippen molar-refractivity contribution in [1.29, 1.82) is 5.26 Å². The normalized spacial score (nSPS) is 22.9. The highest BCUT2D eigenvalue weighted by Gasteiger charge is 2.43. The van der Waals surface area contributed by atoms with Crippen molar-refractivity contribution >= 4 is 29.1 Å². The number of amides is 2. The van der Waals surface area contributed by atoms with Crippen molar-refractivity contribution in [2.45, 2.75) is 44.6 Å². The lowest BCUT2D eigenvalue weighted by Gasteiger charge is -2.34. The molecule has 2 aliphatic rings. The average Bonchev–Trinajstić information content (AvgIpc) is 3.08. The highest BCUT2D eigenvalue weighted by molar-refractivity contribution is 6.33. The zero-order valence-electron chi connectivity index (χ0n) is 13.4. The van der Waals surface area contributed by atoms with Gasteiger partial charge in [-0.3, -0.25) is 9.59 Å².